The lowest BCUT2D eigenvalue weighted by Crippen LogP contribution is -2.56. The third-order valence-electron chi connectivity index (χ3n) is 5.20. The van der Waals surface area contributed by atoms with E-state index in [9.17, 15) is 14.4 Å². The summed E-state index contributed by atoms with van der Waals surface area (Å²) >= 11 is 0. The van der Waals surface area contributed by atoms with Gasteiger partial charge in [0, 0.05) is 21.1 Å². The number of rotatable bonds is 13. The summed E-state index contributed by atoms with van der Waals surface area (Å²) in [5.74, 6) is -0.800. The van der Waals surface area contributed by atoms with Gasteiger partial charge in [0.15, 0.2) is 0 Å². The lowest BCUT2D eigenvalue weighted by atomic mass is 9.98. The molecule has 0 heterocycles. The summed E-state index contributed by atoms with van der Waals surface area (Å²) in [6, 6.07) is -1.23. The molecular weight excluding hydrogens is 394 g/mol. The number of hydrogen-bond acceptors (Lipinski definition) is 5. The Morgan fingerprint density at radius 3 is 1.71 bits per heavy atom. The normalized spacial score (nSPS) is 13.8. The minimum absolute atomic E-state index is 0.0836. The van der Waals surface area contributed by atoms with Crippen molar-refractivity contribution in [1.82, 2.24) is 14.7 Å². The van der Waals surface area contributed by atoms with Crippen molar-refractivity contribution in [3.63, 3.8) is 0 Å². The van der Waals surface area contributed by atoms with E-state index in [1.807, 2.05) is 13.8 Å². The number of hydrogen-bond donors (Lipinski definition) is 0. The average Bonchev–Trinajstić information content (AvgIpc) is 2.64. The van der Waals surface area contributed by atoms with Crippen LogP contribution < -0.4 is 0 Å². The van der Waals surface area contributed by atoms with Crippen LogP contribution in [0.15, 0.2) is 0 Å². The van der Waals surface area contributed by atoms with Gasteiger partial charge in [0.2, 0.25) is 11.8 Å². The summed E-state index contributed by atoms with van der Waals surface area (Å²) < 4.78 is 5.43. The number of esters is 1. The SMILES string of the molecule is CCCCN(CCCC)[C@H](C(=O)N(C)[C@@H](CC(=O)OC(C)(C)C)C(=O)N(C)C)C(C)C. The second-order valence-corrected chi connectivity index (χ2v) is 9.92. The van der Waals surface area contributed by atoms with E-state index in [0.29, 0.717) is 0 Å². The number of carbonyl (C=O) groups excluding carboxylic acids is 3. The molecule has 0 aromatic carbocycles. The molecule has 31 heavy (non-hydrogen) atoms. The van der Waals surface area contributed by atoms with Gasteiger partial charge in [-0.2, -0.15) is 0 Å². The summed E-state index contributed by atoms with van der Waals surface area (Å²) in [6.45, 7) is 15.4. The van der Waals surface area contributed by atoms with Crippen molar-refractivity contribution >= 4 is 17.8 Å². The van der Waals surface area contributed by atoms with Gasteiger partial charge < -0.3 is 14.5 Å². The molecule has 0 saturated carbocycles. The highest BCUT2D eigenvalue weighted by Crippen LogP contribution is 2.20. The first-order valence-electron chi connectivity index (χ1n) is 11.7. The van der Waals surface area contributed by atoms with Gasteiger partial charge in [-0.15, -0.1) is 0 Å². The van der Waals surface area contributed by atoms with Gasteiger partial charge in [-0.3, -0.25) is 19.3 Å². The number of likely N-dealkylation sites (N-methyl/N-ethyl adjacent to an activating group) is 2. The van der Waals surface area contributed by atoms with Gasteiger partial charge in [-0.05, 0) is 52.6 Å². The molecule has 182 valence electrons. The van der Waals surface area contributed by atoms with Crippen LogP contribution in [0.25, 0.3) is 0 Å². The van der Waals surface area contributed by atoms with Crippen LogP contribution in [0.2, 0.25) is 0 Å². The van der Waals surface area contributed by atoms with Crippen LogP contribution in [0.5, 0.6) is 0 Å². The smallest absolute Gasteiger partial charge is 0.308 e. The van der Waals surface area contributed by atoms with Gasteiger partial charge in [0.05, 0.1) is 12.5 Å². The lowest BCUT2D eigenvalue weighted by molar-refractivity contribution is -0.160. The zero-order valence-corrected chi connectivity index (χ0v) is 21.7. The van der Waals surface area contributed by atoms with Crippen LogP contribution in [0.1, 0.15) is 80.6 Å². The maximum atomic E-state index is 13.6. The molecule has 0 spiro atoms. The fourth-order valence-electron chi connectivity index (χ4n) is 3.57. The monoisotopic (exact) mass is 441 g/mol. The molecule has 0 aliphatic rings. The first kappa shape index (κ1) is 29.4. The van der Waals surface area contributed by atoms with E-state index in [2.05, 4.69) is 18.7 Å². The van der Waals surface area contributed by atoms with Gasteiger partial charge in [0.25, 0.3) is 0 Å². The Bertz CT molecular complexity index is 562. The molecule has 2 amide bonds. The largest absolute Gasteiger partial charge is 0.460 e. The van der Waals surface area contributed by atoms with Gasteiger partial charge in [-0.25, -0.2) is 0 Å². The second-order valence-electron chi connectivity index (χ2n) is 9.92. The lowest BCUT2D eigenvalue weighted by Gasteiger charge is -2.38. The fraction of sp³-hybridized carbons (Fsp3) is 0.875. The van der Waals surface area contributed by atoms with Gasteiger partial charge in [-0.1, -0.05) is 40.5 Å². The zero-order valence-electron chi connectivity index (χ0n) is 21.7. The van der Waals surface area contributed by atoms with E-state index in [4.69, 9.17) is 4.74 Å². The van der Waals surface area contributed by atoms with E-state index in [1.165, 1.54) is 9.80 Å². The molecule has 0 rings (SSSR count). The highest BCUT2D eigenvalue weighted by molar-refractivity contribution is 5.92. The topological polar surface area (TPSA) is 70.2 Å². The molecule has 7 heteroatoms. The van der Waals surface area contributed by atoms with Crippen molar-refractivity contribution < 1.29 is 19.1 Å². The fourth-order valence-corrected chi connectivity index (χ4v) is 3.57. The Morgan fingerprint density at radius 2 is 1.35 bits per heavy atom. The van der Waals surface area contributed by atoms with E-state index in [1.54, 1.807) is 41.9 Å². The van der Waals surface area contributed by atoms with Crippen molar-refractivity contribution in [2.75, 3.05) is 34.2 Å². The van der Waals surface area contributed by atoms with Crippen LogP contribution in [0.4, 0.5) is 0 Å². The first-order chi connectivity index (χ1) is 14.3. The molecule has 0 aromatic heterocycles. The van der Waals surface area contributed by atoms with Crippen molar-refractivity contribution in [2.45, 2.75) is 98.3 Å². The molecule has 7 nitrogen and oxygen atoms in total. The van der Waals surface area contributed by atoms with E-state index in [-0.39, 0.29) is 30.2 Å². The highest BCUT2D eigenvalue weighted by Gasteiger charge is 2.37. The summed E-state index contributed by atoms with van der Waals surface area (Å²) in [6.07, 6.45) is 3.98. The third-order valence-corrected chi connectivity index (χ3v) is 5.20. The Hall–Kier alpha value is -1.63. The van der Waals surface area contributed by atoms with Crippen LogP contribution in [0, 0.1) is 5.92 Å². The van der Waals surface area contributed by atoms with Crippen molar-refractivity contribution in [2.24, 2.45) is 5.92 Å². The zero-order chi connectivity index (χ0) is 24.4. The molecule has 0 bridgehead atoms. The van der Waals surface area contributed by atoms with Crippen LogP contribution in [-0.4, -0.2) is 84.4 Å². The first-order valence-corrected chi connectivity index (χ1v) is 11.7. The second kappa shape index (κ2) is 13.7. The molecule has 0 fully saturated rings. The van der Waals surface area contributed by atoms with Gasteiger partial charge >= 0.3 is 5.97 Å². The van der Waals surface area contributed by atoms with E-state index < -0.39 is 17.6 Å². The number of nitrogens with zero attached hydrogens (tertiary/aromatic N) is 3. The predicted octanol–water partition coefficient (Wildman–Crippen LogP) is 3.56. The Balaban J connectivity index is 5.81. The molecule has 0 saturated heterocycles. The Kier molecular flexibility index (Phi) is 13.0. The molecule has 0 radical (unpaired) electrons. The van der Waals surface area contributed by atoms with Crippen molar-refractivity contribution in [1.29, 1.82) is 0 Å². The molecule has 2 atom stereocenters. The minimum Gasteiger partial charge on any atom is -0.460 e. The van der Waals surface area contributed by atoms with Crippen molar-refractivity contribution in [3.8, 4) is 0 Å². The molecule has 0 unspecified atom stereocenters. The quantitative estimate of drug-likeness (QED) is 0.409. The summed E-state index contributed by atoms with van der Waals surface area (Å²) in [7, 11) is 4.90. The van der Waals surface area contributed by atoms with Crippen LogP contribution in [-0.2, 0) is 19.1 Å². The average molecular weight is 442 g/mol. The number of amides is 2. The minimum atomic E-state index is -0.891. The standard InChI is InChI=1S/C24H47N3O4/c1-11-13-15-27(16-14-12-2)21(18(3)4)23(30)26(10)19(22(29)25(8)9)17-20(28)31-24(5,6)7/h18-19,21H,11-17H2,1-10H3/t19-,21-/m0/s1. The van der Waals surface area contributed by atoms with Crippen molar-refractivity contribution in [3.05, 3.63) is 0 Å². The Morgan fingerprint density at radius 1 is 0.871 bits per heavy atom. The van der Waals surface area contributed by atoms with E-state index in [0.717, 1.165) is 38.8 Å². The highest BCUT2D eigenvalue weighted by atomic mass is 16.6. The molecule has 0 aromatic rings. The van der Waals surface area contributed by atoms with Crippen LogP contribution in [0.3, 0.4) is 0 Å². The number of carbonyl (C=O) groups is 3. The molecule has 0 aliphatic carbocycles. The molecule has 0 aliphatic heterocycles. The number of unbranched alkanes of at least 4 members (excludes halogenated alkanes) is 2. The summed E-state index contributed by atoms with van der Waals surface area (Å²) in [5, 5.41) is 0. The number of ether oxygens (including phenoxy) is 1. The van der Waals surface area contributed by atoms with Gasteiger partial charge in [0.1, 0.15) is 11.6 Å². The molecule has 0 N–H and O–H groups in total. The maximum Gasteiger partial charge on any atom is 0.308 e. The third kappa shape index (κ3) is 10.5. The summed E-state index contributed by atoms with van der Waals surface area (Å²) in [5.41, 5.74) is -0.650. The van der Waals surface area contributed by atoms with E-state index >= 15 is 0 Å². The maximum absolute atomic E-state index is 13.6. The Labute approximate surface area is 190 Å². The summed E-state index contributed by atoms with van der Waals surface area (Å²) in [4.78, 5) is 44.2. The molecular formula is C24H47N3O4. The van der Waals surface area contributed by atoms with Crippen LogP contribution >= 0.6 is 0 Å². The predicted molar refractivity (Wildman–Crippen MR) is 126 cm³/mol.